The number of sulfonamides is 1. The van der Waals surface area contributed by atoms with Crippen LogP contribution in [-0.2, 0) is 19.6 Å². The van der Waals surface area contributed by atoms with E-state index >= 15 is 0 Å². The van der Waals surface area contributed by atoms with Crippen LogP contribution in [0.2, 0.25) is 0 Å². The molecule has 1 aliphatic heterocycles. The Balaban J connectivity index is 1.95. The predicted molar refractivity (Wildman–Crippen MR) is 124 cm³/mol. The number of rotatable bonds is 7. The second kappa shape index (κ2) is 10.2. The van der Waals surface area contributed by atoms with Crippen molar-refractivity contribution >= 4 is 27.5 Å². The van der Waals surface area contributed by atoms with Crippen molar-refractivity contribution in [3.8, 4) is 5.75 Å². The number of benzene rings is 1. The van der Waals surface area contributed by atoms with Gasteiger partial charge in [-0.2, -0.15) is 4.31 Å². The maximum Gasteiger partial charge on any atom is 0.247 e. The zero-order valence-corrected chi connectivity index (χ0v) is 20.1. The highest BCUT2D eigenvalue weighted by Crippen LogP contribution is 2.32. The van der Waals surface area contributed by atoms with Gasteiger partial charge in [-0.05, 0) is 50.5 Å². The molecule has 0 radical (unpaired) electrons. The second-order valence-electron chi connectivity index (χ2n) is 8.95. The van der Waals surface area contributed by atoms with Crippen molar-refractivity contribution in [1.82, 2.24) is 9.62 Å². The monoisotopic (exact) mass is 465 g/mol. The first-order chi connectivity index (χ1) is 15.2. The highest BCUT2D eigenvalue weighted by atomic mass is 32.2. The molecule has 2 fully saturated rings. The first-order valence-electron chi connectivity index (χ1n) is 11.5. The molecule has 9 heteroatoms. The summed E-state index contributed by atoms with van der Waals surface area (Å²) < 4.78 is 32.0. The van der Waals surface area contributed by atoms with E-state index in [0.717, 1.165) is 38.5 Å². The zero-order valence-electron chi connectivity index (χ0n) is 19.3. The maximum atomic E-state index is 13.6. The Morgan fingerprint density at radius 3 is 2.34 bits per heavy atom. The molecule has 8 nitrogen and oxygen atoms in total. The van der Waals surface area contributed by atoms with Crippen molar-refractivity contribution in [2.75, 3.05) is 30.9 Å². The van der Waals surface area contributed by atoms with Crippen molar-refractivity contribution in [2.45, 2.75) is 70.4 Å². The molecule has 1 atom stereocenters. The van der Waals surface area contributed by atoms with Gasteiger partial charge in [0.15, 0.2) is 0 Å². The molecule has 2 aliphatic rings. The molecule has 1 unspecified atom stereocenters. The fraction of sp³-hybridized carbons (Fsp3) is 0.652. The number of nitrogens with one attached hydrogen (secondary N) is 1. The Hall–Kier alpha value is -2.13. The van der Waals surface area contributed by atoms with E-state index in [0.29, 0.717) is 17.9 Å². The van der Waals surface area contributed by atoms with E-state index in [1.165, 1.54) is 9.21 Å². The number of methoxy groups -OCH3 is 1. The van der Waals surface area contributed by atoms with E-state index in [1.54, 1.807) is 45.2 Å². The van der Waals surface area contributed by atoms with Gasteiger partial charge in [0.2, 0.25) is 21.8 Å². The van der Waals surface area contributed by atoms with Crippen LogP contribution in [0.5, 0.6) is 5.75 Å². The molecule has 1 aromatic carbocycles. The fourth-order valence-corrected chi connectivity index (χ4v) is 6.18. The van der Waals surface area contributed by atoms with Gasteiger partial charge in [0.1, 0.15) is 11.3 Å². The van der Waals surface area contributed by atoms with Gasteiger partial charge < -0.3 is 10.1 Å². The van der Waals surface area contributed by atoms with Crippen LogP contribution in [-0.4, -0.2) is 62.1 Å². The summed E-state index contributed by atoms with van der Waals surface area (Å²) in [5, 5.41) is 3.14. The number of ether oxygens (including phenoxy) is 1. The standard InChI is InChI=1S/C23H35N3O5S/c1-4-15-32(29,30)25-16-21(27)26(19-11-13-20(31-3)14-12-19)23(2,17-25)22(28)24-18-9-7-5-6-8-10-18/h11-14,18H,4-10,15-17H2,1-3H3,(H,24,28). The third-order valence-electron chi connectivity index (χ3n) is 6.40. The first kappa shape index (κ1) is 24.5. The smallest absolute Gasteiger partial charge is 0.247 e. The fourth-order valence-electron chi connectivity index (χ4n) is 4.65. The number of piperazine rings is 1. The average molecular weight is 466 g/mol. The van der Waals surface area contributed by atoms with Gasteiger partial charge in [-0.3, -0.25) is 14.5 Å². The summed E-state index contributed by atoms with van der Waals surface area (Å²) in [5.41, 5.74) is -0.821. The van der Waals surface area contributed by atoms with Gasteiger partial charge in [-0.15, -0.1) is 0 Å². The quantitative estimate of drug-likeness (QED) is 0.625. The zero-order chi connectivity index (χ0) is 23.4. The van der Waals surface area contributed by atoms with E-state index < -0.39 is 21.5 Å². The van der Waals surface area contributed by atoms with Crippen LogP contribution < -0.4 is 15.0 Å². The summed E-state index contributed by atoms with van der Waals surface area (Å²) in [6.07, 6.45) is 6.67. The molecular weight excluding hydrogens is 430 g/mol. The van der Waals surface area contributed by atoms with Crippen molar-refractivity contribution in [3.63, 3.8) is 0 Å². The number of hydrogen-bond donors (Lipinski definition) is 1. The lowest BCUT2D eigenvalue weighted by molar-refractivity contribution is -0.133. The highest BCUT2D eigenvalue weighted by molar-refractivity contribution is 7.89. The molecule has 1 saturated heterocycles. The predicted octanol–water partition coefficient (Wildman–Crippen LogP) is 2.68. The summed E-state index contributed by atoms with van der Waals surface area (Å²) in [6.45, 7) is 3.09. The third kappa shape index (κ3) is 5.26. The van der Waals surface area contributed by atoms with E-state index in [-0.39, 0.29) is 30.8 Å². The van der Waals surface area contributed by atoms with Crippen molar-refractivity contribution in [2.24, 2.45) is 0 Å². The lowest BCUT2D eigenvalue weighted by Crippen LogP contribution is -2.71. The van der Waals surface area contributed by atoms with Crippen LogP contribution >= 0.6 is 0 Å². The lowest BCUT2D eigenvalue weighted by atomic mass is 9.93. The highest BCUT2D eigenvalue weighted by Gasteiger charge is 2.51. The Morgan fingerprint density at radius 2 is 1.78 bits per heavy atom. The normalized spacial score (nSPS) is 23.6. The minimum absolute atomic E-state index is 0.0391. The van der Waals surface area contributed by atoms with Gasteiger partial charge in [0.25, 0.3) is 0 Å². The topological polar surface area (TPSA) is 96.0 Å². The number of hydrogen-bond acceptors (Lipinski definition) is 5. The average Bonchev–Trinajstić information content (AvgIpc) is 3.02. The van der Waals surface area contributed by atoms with Crippen molar-refractivity contribution in [1.29, 1.82) is 0 Å². The summed E-state index contributed by atoms with van der Waals surface area (Å²) in [5.74, 6) is -0.150. The maximum absolute atomic E-state index is 13.6. The van der Waals surface area contributed by atoms with Crippen molar-refractivity contribution < 1.29 is 22.7 Å². The molecule has 0 aromatic heterocycles. The van der Waals surface area contributed by atoms with Crippen LogP contribution in [0.25, 0.3) is 0 Å². The minimum Gasteiger partial charge on any atom is -0.497 e. The number of anilines is 1. The van der Waals surface area contributed by atoms with E-state index in [2.05, 4.69) is 5.32 Å². The van der Waals surface area contributed by atoms with E-state index in [4.69, 9.17) is 4.74 Å². The lowest BCUT2D eigenvalue weighted by Gasteiger charge is -2.47. The van der Waals surface area contributed by atoms with Crippen molar-refractivity contribution in [3.05, 3.63) is 24.3 Å². The number of amides is 2. The molecule has 1 aromatic rings. The molecule has 1 heterocycles. The molecule has 0 spiro atoms. The third-order valence-corrected chi connectivity index (χ3v) is 8.37. The Morgan fingerprint density at radius 1 is 1.16 bits per heavy atom. The summed E-state index contributed by atoms with van der Waals surface area (Å²) >= 11 is 0. The second-order valence-corrected chi connectivity index (χ2v) is 11.0. The number of nitrogens with zero attached hydrogens (tertiary/aromatic N) is 2. The number of carbonyl (C=O) groups excluding carboxylic acids is 2. The van der Waals surface area contributed by atoms with Crippen LogP contribution in [0.15, 0.2) is 24.3 Å². The van der Waals surface area contributed by atoms with Crippen LogP contribution in [0, 0.1) is 0 Å². The largest absolute Gasteiger partial charge is 0.497 e. The van der Waals surface area contributed by atoms with Gasteiger partial charge >= 0.3 is 0 Å². The van der Waals surface area contributed by atoms with Crippen LogP contribution in [0.3, 0.4) is 0 Å². The number of carbonyl (C=O) groups is 2. The molecule has 1 N–H and O–H groups in total. The first-order valence-corrected chi connectivity index (χ1v) is 13.1. The van der Waals surface area contributed by atoms with E-state index in [9.17, 15) is 18.0 Å². The molecular formula is C23H35N3O5S. The molecule has 178 valence electrons. The summed E-state index contributed by atoms with van der Waals surface area (Å²) in [6, 6.07) is 6.95. The Labute approximate surface area is 191 Å². The SMILES string of the molecule is CCCS(=O)(=O)N1CC(=O)N(c2ccc(OC)cc2)C(C)(C(=O)NC2CCCCCC2)C1. The minimum atomic E-state index is -3.64. The molecule has 0 bridgehead atoms. The molecule has 32 heavy (non-hydrogen) atoms. The Kier molecular flexibility index (Phi) is 7.82. The van der Waals surface area contributed by atoms with Gasteiger partial charge in [-0.1, -0.05) is 32.6 Å². The summed E-state index contributed by atoms with van der Waals surface area (Å²) in [4.78, 5) is 28.4. The molecule has 1 aliphatic carbocycles. The van der Waals surface area contributed by atoms with Gasteiger partial charge in [0, 0.05) is 18.3 Å². The molecule has 1 saturated carbocycles. The Bertz CT molecular complexity index is 910. The molecule has 3 rings (SSSR count). The van der Waals surface area contributed by atoms with Crippen LogP contribution in [0.1, 0.15) is 58.8 Å². The van der Waals surface area contributed by atoms with E-state index in [1.807, 2.05) is 0 Å². The molecule has 2 amide bonds. The van der Waals surface area contributed by atoms with Gasteiger partial charge in [0.05, 0.1) is 19.4 Å². The van der Waals surface area contributed by atoms with Crippen LogP contribution in [0.4, 0.5) is 5.69 Å². The van der Waals surface area contributed by atoms with Gasteiger partial charge in [-0.25, -0.2) is 8.42 Å². The summed E-state index contributed by atoms with van der Waals surface area (Å²) in [7, 11) is -2.08.